The minimum atomic E-state index is -3.77. The number of benzene rings is 1. The lowest BCUT2D eigenvalue weighted by atomic mass is 10.2. The summed E-state index contributed by atoms with van der Waals surface area (Å²) in [6.07, 6.45) is 0. The predicted molar refractivity (Wildman–Crippen MR) is 79.1 cm³/mol. The number of carboxylic acid groups (broad SMARTS) is 1. The van der Waals surface area contributed by atoms with Crippen molar-refractivity contribution in [2.24, 2.45) is 0 Å². The van der Waals surface area contributed by atoms with Gasteiger partial charge in [-0.25, -0.2) is 13.2 Å². The summed E-state index contributed by atoms with van der Waals surface area (Å²) in [6.45, 7) is 2.24. The zero-order chi connectivity index (χ0) is 14.9. The molecule has 1 fully saturated rings. The second kappa shape index (κ2) is 5.93. The van der Waals surface area contributed by atoms with Gasteiger partial charge in [0.1, 0.15) is 4.90 Å². The Morgan fingerprint density at radius 2 is 2.20 bits per heavy atom. The molecule has 1 heterocycles. The van der Waals surface area contributed by atoms with Gasteiger partial charge in [0.2, 0.25) is 10.0 Å². The van der Waals surface area contributed by atoms with E-state index in [1.54, 1.807) is 11.8 Å². The van der Waals surface area contributed by atoms with Crippen LogP contribution in [0.4, 0.5) is 0 Å². The van der Waals surface area contributed by atoms with Gasteiger partial charge in [-0.15, -0.1) is 0 Å². The number of nitrogens with zero attached hydrogens (tertiary/aromatic N) is 1. The molecule has 0 radical (unpaired) electrons. The maximum atomic E-state index is 12.6. The molecule has 1 N–H and O–H groups in total. The van der Waals surface area contributed by atoms with E-state index in [0.717, 1.165) is 17.6 Å². The number of rotatable bonds is 3. The summed E-state index contributed by atoms with van der Waals surface area (Å²) in [5.74, 6) is 0.260. The largest absolute Gasteiger partial charge is 0.478 e. The maximum Gasteiger partial charge on any atom is 0.335 e. The van der Waals surface area contributed by atoms with Crippen molar-refractivity contribution in [1.82, 2.24) is 4.31 Å². The monoisotopic (exact) mass is 335 g/mol. The zero-order valence-electron chi connectivity index (χ0n) is 10.7. The molecule has 1 aromatic carbocycles. The van der Waals surface area contributed by atoms with E-state index in [1.165, 1.54) is 16.4 Å². The first-order chi connectivity index (χ1) is 9.34. The van der Waals surface area contributed by atoms with Crippen LogP contribution in [0.1, 0.15) is 17.3 Å². The van der Waals surface area contributed by atoms with Gasteiger partial charge < -0.3 is 5.11 Å². The van der Waals surface area contributed by atoms with E-state index in [9.17, 15) is 13.2 Å². The number of hydrogen-bond acceptors (Lipinski definition) is 4. The summed E-state index contributed by atoms with van der Waals surface area (Å²) in [5, 5.41) is 9.02. The van der Waals surface area contributed by atoms with E-state index in [0.29, 0.717) is 6.54 Å². The van der Waals surface area contributed by atoms with Crippen molar-refractivity contribution in [2.75, 3.05) is 18.1 Å². The van der Waals surface area contributed by atoms with Gasteiger partial charge >= 0.3 is 5.97 Å². The van der Waals surface area contributed by atoms with E-state index in [4.69, 9.17) is 16.7 Å². The Morgan fingerprint density at radius 1 is 1.50 bits per heavy atom. The van der Waals surface area contributed by atoms with Crippen LogP contribution in [0.25, 0.3) is 0 Å². The van der Waals surface area contributed by atoms with Crippen LogP contribution in [0.2, 0.25) is 5.02 Å². The van der Waals surface area contributed by atoms with Crippen molar-refractivity contribution in [3.8, 4) is 0 Å². The van der Waals surface area contributed by atoms with Gasteiger partial charge in [0.05, 0.1) is 10.6 Å². The summed E-state index contributed by atoms with van der Waals surface area (Å²) in [6, 6.07) is 3.58. The highest BCUT2D eigenvalue weighted by atomic mass is 35.5. The van der Waals surface area contributed by atoms with Crippen LogP contribution < -0.4 is 0 Å². The number of thioether (sulfide) groups is 1. The second-order valence-corrected chi connectivity index (χ2v) is 7.91. The number of aromatic carboxylic acids is 1. The average molecular weight is 336 g/mol. The number of sulfonamides is 1. The molecule has 0 spiro atoms. The first kappa shape index (κ1) is 15.6. The summed E-state index contributed by atoms with van der Waals surface area (Å²) >= 11 is 7.65. The maximum absolute atomic E-state index is 12.6. The molecule has 0 aliphatic carbocycles. The van der Waals surface area contributed by atoms with E-state index in [1.807, 2.05) is 6.92 Å². The standard InChI is InChI=1S/C12H14ClNO4S2/c1-8-7-19-5-4-14(8)20(17,18)11-6-9(12(15)16)2-3-10(11)13/h2-3,6,8H,4-5,7H2,1H3,(H,15,16). The lowest BCUT2D eigenvalue weighted by Gasteiger charge is -2.32. The van der Waals surface area contributed by atoms with E-state index in [2.05, 4.69) is 0 Å². The molecule has 5 nitrogen and oxygen atoms in total. The van der Waals surface area contributed by atoms with Crippen molar-refractivity contribution in [3.05, 3.63) is 28.8 Å². The van der Waals surface area contributed by atoms with Crippen LogP contribution in [0.15, 0.2) is 23.1 Å². The molecule has 20 heavy (non-hydrogen) atoms. The Kier molecular flexibility index (Phi) is 4.63. The highest BCUT2D eigenvalue weighted by Gasteiger charge is 2.33. The number of hydrogen-bond donors (Lipinski definition) is 1. The Balaban J connectivity index is 2.48. The quantitative estimate of drug-likeness (QED) is 0.916. The van der Waals surface area contributed by atoms with Crippen LogP contribution in [-0.2, 0) is 10.0 Å². The second-order valence-electron chi connectivity index (χ2n) is 4.49. The smallest absolute Gasteiger partial charge is 0.335 e. The molecule has 8 heteroatoms. The van der Waals surface area contributed by atoms with Gasteiger partial charge in [0.15, 0.2) is 0 Å². The normalized spacial score (nSPS) is 20.8. The number of carboxylic acids is 1. The molecule has 2 rings (SSSR count). The van der Waals surface area contributed by atoms with Crippen molar-refractivity contribution in [3.63, 3.8) is 0 Å². The molecule has 1 unspecified atom stereocenters. The molecule has 0 saturated carbocycles. The first-order valence-electron chi connectivity index (χ1n) is 5.96. The minimum absolute atomic E-state index is 0.0421. The fourth-order valence-corrected chi connectivity index (χ4v) is 5.39. The third-order valence-electron chi connectivity index (χ3n) is 3.07. The third-order valence-corrected chi connectivity index (χ3v) is 6.76. The van der Waals surface area contributed by atoms with Crippen LogP contribution in [0.3, 0.4) is 0 Å². The molecule has 0 bridgehead atoms. The van der Waals surface area contributed by atoms with Crippen molar-refractivity contribution < 1.29 is 18.3 Å². The van der Waals surface area contributed by atoms with E-state index < -0.39 is 16.0 Å². The zero-order valence-corrected chi connectivity index (χ0v) is 13.1. The van der Waals surface area contributed by atoms with E-state index >= 15 is 0 Å². The van der Waals surface area contributed by atoms with Gasteiger partial charge in [-0.3, -0.25) is 0 Å². The lowest BCUT2D eigenvalue weighted by molar-refractivity contribution is 0.0696. The van der Waals surface area contributed by atoms with Gasteiger partial charge in [0, 0.05) is 24.1 Å². The summed E-state index contributed by atoms with van der Waals surface area (Å²) in [7, 11) is -3.77. The third kappa shape index (κ3) is 2.95. The van der Waals surface area contributed by atoms with Crippen molar-refractivity contribution >= 4 is 39.4 Å². The molecule has 0 aromatic heterocycles. The average Bonchev–Trinajstić information content (AvgIpc) is 2.39. The molecule has 110 valence electrons. The Hall–Kier alpha value is -0.760. The van der Waals surface area contributed by atoms with Crippen LogP contribution >= 0.6 is 23.4 Å². The van der Waals surface area contributed by atoms with Gasteiger partial charge in [-0.05, 0) is 25.1 Å². The number of halogens is 1. The molecule has 0 amide bonds. The van der Waals surface area contributed by atoms with E-state index in [-0.39, 0.29) is 21.5 Å². The predicted octanol–water partition coefficient (Wildman–Crippen LogP) is 2.16. The summed E-state index contributed by atoms with van der Waals surface area (Å²) in [4.78, 5) is 10.8. The van der Waals surface area contributed by atoms with Crippen LogP contribution in [-0.4, -0.2) is 47.9 Å². The Bertz CT molecular complexity index is 632. The number of carbonyl (C=O) groups is 1. The summed E-state index contributed by atoms with van der Waals surface area (Å²) in [5.41, 5.74) is -0.0907. The van der Waals surface area contributed by atoms with Crippen molar-refractivity contribution in [1.29, 1.82) is 0 Å². The molecule has 1 saturated heterocycles. The fourth-order valence-electron chi connectivity index (χ4n) is 2.03. The van der Waals surface area contributed by atoms with Gasteiger partial charge in [-0.2, -0.15) is 16.1 Å². The molecular weight excluding hydrogens is 322 g/mol. The van der Waals surface area contributed by atoms with Crippen LogP contribution in [0.5, 0.6) is 0 Å². The topological polar surface area (TPSA) is 74.7 Å². The molecule has 1 atom stereocenters. The lowest BCUT2D eigenvalue weighted by Crippen LogP contribution is -2.44. The summed E-state index contributed by atoms with van der Waals surface area (Å²) < 4.78 is 26.7. The minimum Gasteiger partial charge on any atom is -0.478 e. The molecule has 1 aliphatic heterocycles. The fraction of sp³-hybridized carbons (Fsp3) is 0.417. The molecular formula is C12H14ClNO4S2. The molecule has 1 aromatic rings. The van der Waals surface area contributed by atoms with Gasteiger partial charge in [0.25, 0.3) is 0 Å². The Morgan fingerprint density at radius 3 is 2.80 bits per heavy atom. The van der Waals surface area contributed by atoms with Crippen molar-refractivity contribution in [2.45, 2.75) is 17.9 Å². The highest BCUT2D eigenvalue weighted by Crippen LogP contribution is 2.29. The molecule has 1 aliphatic rings. The van der Waals surface area contributed by atoms with Crippen LogP contribution in [0, 0.1) is 0 Å². The highest BCUT2D eigenvalue weighted by molar-refractivity contribution is 7.99. The van der Waals surface area contributed by atoms with Gasteiger partial charge in [-0.1, -0.05) is 11.6 Å². The first-order valence-corrected chi connectivity index (χ1v) is 8.93. The Labute approximate surface area is 127 Å². The SMILES string of the molecule is CC1CSCCN1S(=O)(=O)c1cc(C(=O)O)ccc1Cl.